The average Bonchev–Trinajstić information content (AvgIpc) is 0.700. The number of aliphatic carboxylic acids is 2. The first-order valence-corrected chi connectivity index (χ1v) is 40.8. The Bertz CT molecular complexity index is 3240. The molecule has 8 N–H and O–H groups in total. The number of nitrogens with zero attached hydrogens (tertiary/aromatic N) is 4. The number of carboxylic acids is 2. The highest BCUT2D eigenvalue weighted by molar-refractivity contribution is 8.64. The third-order valence-corrected chi connectivity index (χ3v) is 28.9. The minimum absolute atomic E-state index is 0.0853. The van der Waals surface area contributed by atoms with E-state index < -0.39 is 119 Å². The number of likely N-dealkylation sites (N-methyl/N-ethyl adjacent to an activating group) is 4. The Morgan fingerprint density at radius 1 is 0.500 bits per heavy atom. The van der Waals surface area contributed by atoms with Gasteiger partial charge >= 0.3 is 24.1 Å². The van der Waals surface area contributed by atoms with Crippen molar-refractivity contribution >= 4 is 67.8 Å². The molecule has 104 heavy (non-hydrogen) atoms. The van der Waals surface area contributed by atoms with Crippen molar-refractivity contribution in [3.63, 3.8) is 0 Å². The Morgan fingerprint density at radius 3 is 1.07 bits per heavy atom. The van der Waals surface area contributed by atoms with E-state index in [1.807, 2.05) is 140 Å². The van der Waals surface area contributed by atoms with Crippen LogP contribution in [0.15, 0.2) is 71.8 Å². The molecule has 0 fully saturated rings. The molecule has 596 valence electrons. The zero-order valence-corrected chi connectivity index (χ0v) is 69.7. The summed E-state index contributed by atoms with van der Waals surface area (Å²) in [7, 11) is 2.73. The Balaban J connectivity index is 0.00000107. The number of thioether (sulfide) groups is 1. The second-order valence-electron chi connectivity index (χ2n) is 34.4. The zero-order valence-electron chi connectivity index (χ0n) is 68.1. The highest BCUT2D eigenvalue weighted by Gasteiger charge is 2.55. The van der Waals surface area contributed by atoms with Crippen LogP contribution in [-0.4, -0.2) is 260 Å². The normalized spacial score (nSPS) is 15.2. The molecule has 0 aliphatic rings. The molecule has 0 saturated heterocycles. The number of aliphatic hydroxyl groups excluding tert-OH is 4. The summed E-state index contributed by atoms with van der Waals surface area (Å²) in [5.74, 6) is -0.742. The SMILES string of the molecule is C/C(=C\[C@H](C(C)C)N(C)C(=O)[C@@H](NC(=O)[C@@H](N(C)C(=O)OC(C)(C)C)C(C)(C)c1cccc(OCCS(C)(CCO)(CCO)(CCO)CCO)c1)C(C)(C)C)C(=O)O.CSCCOc1cccc(C(C)(C)[C@@H](C(=O)N[C@H](C(=O)N(C)[C@H](/C=C(\C)C(=O)O)C(C)C)C(C)(C)C)N(C)C(=O)OC(C)(C)C)c1. The molecular formula is C78H134N6O18S2. The van der Waals surface area contributed by atoms with Gasteiger partial charge < -0.3 is 70.0 Å². The van der Waals surface area contributed by atoms with Crippen molar-refractivity contribution in [2.75, 3.05) is 115 Å². The predicted octanol–water partition coefficient (Wildman–Crippen LogP) is 10.1. The molecule has 0 unspecified atom stereocenters. The lowest BCUT2D eigenvalue weighted by Crippen LogP contribution is -2.63. The molecule has 2 aromatic rings. The Kier molecular flexibility index (Phi) is 35.1. The van der Waals surface area contributed by atoms with Gasteiger partial charge in [0.2, 0.25) is 23.6 Å². The van der Waals surface area contributed by atoms with Gasteiger partial charge in [-0.3, -0.25) is 37.3 Å². The van der Waals surface area contributed by atoms with Crippen molar-refractivity contribution in [1.29, 1.82) is 0 Å². The van der Waals surface area contributed by atoms with Crippen molar-refractivity contribution in [2.24, 2.45) is 22.7 Å². The van der Waals surface area contributed by atoms with Crippen molar-refractivity contribution in [3.05, 3.63) is 83.0 Å². The van der Waals surface area contributed by atoms with Crippen LogP contribution in [0.4, 0.5) is 9.59 Å². The molecule has 0 heterocycles. The number of hydrogen-bond donors (Lipinski definition) is 8. The maximum atomic E-state index is 14.8. The molecular weight excluding hydrogens is 1370 g/mol. The number of carbonyl (C=O) groups is 8. The first-order chi connectivity index (χ1) is 47.4. The van der Waals surface area contributed by atoms with E-state index in [2.05, 4.69) is 10.6 Å². The van der Waals surface area contributed by atoms with E-state index in [0.717, 1.165) is 11.3 Å². The highest BCUT2D eigenvalue weighted by atomic mass is 32.4. The van der Waals surface area contributed by atoms with E-state index in [4.69, 9.17) is 18.9 Å². The van der Waals surface area contributed by atoms with Gasteiger partial charge in [0.15, 0.2) is 0 Å². The van der Waals surface area contributed by atoms with Crippen molar-refractivity contribution in [2.45, 2.75) is 211 Å². The first kappa shape index (κ1) is 95.4. The number of carbonyl (C=O) groups excluding carboxylic acids is 6. The molecule has 2 aromatic carbocycles. The lowest BCUT2D eigenvalue weighted by molar-refractivity contribution is -0.142. The largest absolute Gasteiger partial charge is 0.493 e. The summed E-state index contributed by atoms with van der Waals surface area (Å²) in [6.45, 7) is 39.3. The fourth-order valence-electron chi connectivity index (χ4n) is 12.9. The smallest absolute Gasteiger partial charge is 0.410 e. The maximum absolute atomic E-state index is 14.8. The maximum Gasteiger partial charge on any atom is 0.410 e. The standard InChI is InChI=1S/C43H77N3O11S.C35H57N3O7S/c1-30(2)34(28-31(3)39(53)54)45(12)38(52)35(41(4,5)6)44-37(51)36(46(13)40(55)57-42(7,8)9)43(10,11)32-16-15-17-33(29-32)56-22-27-58(14,23-18-47,24-19-48,25-20-49)26-21-50;1-22(2)26(20-23(3)31(41)42)37(12)30(40)27(33(4,5)6)36-29(39)28(38(13)32(43)45-34(7,8)9)35(10,11)24-16-15-17-25(21-24)44-18-19-46-14/h15-17,28-30,34-36,47-50H,18-27H2,1-14H3,(H,44,51)(H,53,54);15-17,20-22,26-28H,18-19H2,1-14H3,(H,36,39)(H,41,42)/b31-28+;23-20+/t34-,35-,36-;26-,27-,28-/m11/s1. The quantitative estimate of drug-likeness (QED) is 0.0232. The van der Waals surface area contributed by atoms with Crippen molar-refractivity contribution < 1.29 is 87.9 Å². The average molecular weight is 1510 g/mol. The Hall–Kier alpha value is -6.58. The summed E-state index contributed by atoms with van der Waals surface area (Å²) in [5.41, 5.74) is -3.73. The topological polar surface area (TPSA) is 332 Å². The fraction of sp³-hybridized carbons (Fsp3) is 0.692. The van der Waals surface area contributed by atoms with Gasteiger partial charge in [0.1, 0.15) is 46.9 Å². The summed E-state index contributed by atoms with van der Waals surface area (Å²) in [4.78, 5) is 114. The number of aliphatic hydroxyl groups is 4. The molecule has 0 aromatic heterocycles. The zero-order chi connectivity index (χ0) is 80.9. The minimum atomic E-state index is -3.46. The van der Waals surface area contributed by atoms with E-state index in [1.54, 1.807) is 91.7 Å². The third kappa shape index (κ3) is 27.0. The van der Waals surface area contributed by atoms with Gasteiger partial charge in [-0.15, -0.1) is 0 Å². The number of amides is 6. The summed E-state index contributed by atoms with van der Waals surface area (Å²) < 4.78 is 23.7. The molecule has 0 radical (unpaired) electrons. The van der Waals surface area contributed by atoms with E-state index in [0.29, 0.717) is 52.4 Å². The summed E-state index contributed by atoms with van der Waals surface area (Å²) in [5, 5.41) is 65.7. The number of ether oxygens (including phenoxy) is 4. The highest BCUT2D eigenvalue weighted by Crippen LogP contribution is 2.85. The van der Waals surface area contributed by atoms with Gasteiger partial charge in [0, 0.05) is 88.1 Å². The molecule has 0 spiro atoms. The van der Waals surface area contributed by atoms with E-state index >= 15 is 0 Å². The van der Waals surface area contributed by atoms with Crippen molar-refractivity contribution in [3.8, 4) is 11.5 Å². The fourth-order valence-corrected chi connectivity index (χ4v) is 18.7. The number of carboxylic acid groups (broad SMARTS) is 2. The van der Waals surface area contributed by atoms with Gasteiger partial charge in [0.25, 0.3) is 0 Å². The van der Waals surface area contributed by atoms with Gasteiger partial charge in [-0.1, -0.05) is 133 Å². The van der Waals surface area contributed by atoms with Gasteiger partial charge in [-0.2, -0.15) is 11.8 Å². The van der Waals surface area contributed by atoms with Gasteiger partial charge in [-0.05, 0) is 149 Å². The van der Waals surface area contributed by atoms with Crippen LogP contribution in [0.1, 0.15) is 163 Å². The Morgan fingerprint density at radius 2 is 0.808 bits per heavy atom. The molecule has 0 aliphatic carbocycles. The molecule has 0 saturated carbocycles. The number of hydrogen-bond acceptors (Lipinski definition) is 17. The minimum Gasteiger partial charge on any atom is -0.493 e. The Labute approximate surface area is 625 Å². The number of rotatable bonds is 36. The van der Waals surface area contributed by atoms with Crippen LogP contribution in [0, 0.1) is 22.7 Å². The predicted molar refractivity (Wildman–Crippen MR) is 418 cm³/mol. The van der Waals surface area contributed by atoms with Crippen LogP contribution in [0.3, 0.4) is 0 Å². The van der Waals surface area contributed by atoms with Crippen LogP contribution in [0.25, 0.3) is 0 Å². The lowest BCUT2D eigenvalue weighted by Gasteiger charge is -2.77. The molecule has 26 heteroatoms. The summed E-state index contributed by atoms with van der Waals surface area (Å²) in [6, 6.07) is 9.05. The molecule has 0 bridgehead atoms. The molecule has 0 aliphatic heterocycles. The lowest BCUT2D eigenvalue weighted by atomic mass is 9.76. The van der Waals surface area contributed by atoms with Crippen LogP contribution in [0.5, 0.6) is 11.5 Å². The van der Waals surface area contributed by atoms with Crippen LogP contribution in [-0.2, 0) is 49.1 Å². The molecule has 24 nitrogen and oxygen atoms in total. The third-order valence-electron chi connectivity index (χ3n) is 19.6. The van der Waals surface area contributed by atoms with Gasteiger partial charge in [0.05, 0.1) is 25.3 Å². The van der Waals surface area contributed by atoms with E-state index in [1.165, 1.54) is 53.6 Å². The molecule has 2 rings (SSSR count). The summed E-state index contributed by atoms with van der Waals surface area (Å²) >= 11 is 1.67. The second kappa shape index (κ2) is 38.3. The van der Waals surface area contributed by atoms with E-state index in [-0.39, 0.29) is 61.9 Å². The second-order valence-corrected chi connectivity index (χ2v) is 44.4. The van der Waals surface area contributed by atoms with Crippen LogP contribution >= 0.6 is 20.1 Å². The number of benzene rings is 2. The summed E-state index contributed by atoms with van der Waals surface area (Å²) in [6.07, 6.45) is 5.67. The van der Waals surface area contributed by atoms with Crippen molar-refractivity contribution in [1.82, 2.24) is 30.2 Å². The monoisotopic (exact) mass is 1510 g/mol. The van der Waals surface area contributed by atoms with Gasteiger partial charge in [-0.25, -0.2) is 19.2 Å². The molecule has 6 amide bonds. The van der Waals surface area contributed by atoms with E-state index in [9.17, 15) is 69.0 Å². The molecule has 6 atom stereocenters. The van der Waals surface area contributed by atoms with Crippen LogP contribution in [0.2, 0.25) is 0 Å². The first-order valence-electron chi connectivity index (χ1n) is 35.7. The number of nitrogens with one attached hydrogen (secondary N) is 2. The van der Waals surface area contributed by atoms with Crippen LogP contribution < -0.4 is 20.1 Å².